The zero-order valence-electron chi connectivity index (χ0n) is 20.5. The summed E-state index contributed by atoms with van der Waals surface area (Å²) in [6.45, 7) is 2.54. The number of hydrogen-bond acceptors (Lipinski definition) is 5. The molecule has 5 rings (SSSR count). The summed E-state index contributed by atoms with van der Waals surface area (Å²) in [5, 5.41) is 6.15. The van der Waals surface area contributed by atoms with Gasteiger partial charge in [0.25, 0.3) is 0 Å². The molecule has 1 aromatic carbocycles. The van der Waals surface area contributed by atoms with Gasteiger partial charge in [0.1, 0.15) is 17.4 Å². The monoisotopic (exact) mass is 481 g/mol. The van der Waals surface area contributed by atoms with E-state index in [0.717, 1.165) is 38.5 Å². The molecule has 4 aliphatic rings. The zero-order chi connectivity index (χ0) is 24.6. The summed E-state index contributed by atoms with van der Waals surface area (Å²) < 4.78 is 11.6. The van der Waals surface area contributed by atoms with Crippen molar-refractivity contribution < 1.29 is 23.9 Å². The van der Waals surface area contributed by atoms with Crippen LogP contribution in [-0.4, -0.2) is 60.1 Å². The largest absolute Gasteiger partial charge is 0.497 e. The van der Waals surface area contributed by atoms with Crippen LogP contribution in [0.3, 0.4) is 0 Å². The number of benzene rings is 1. The van der Waals surface area contributed by atoms with Gasteiger partial charge in [0.2, 0.25) is 17.7 Å². The summed E-state index contributed by atoms with van der Waals surface area (Å²) in [7, 11) is 1.59. The van der Waals surface area contributed by atoms with Gasteiger partial charge in [0, 0.05) is 18.3 Å². The van der Waals surface area contributed by atoms with Crippen molar-refractivity contribution in [2.24, 2.45) is 11.8 Å². The van der Waals surface area contributed by atoms with Crippen LogP contribution in [0.5, 0.6) is 5.75 Å². The average Bonchev–Trinajstić information content (AvgIpc) is 3.51. The lowest BCUT2D eigenvalue weighted by Crippen LogP contribution is -2.56. The second-order valence-electron chi connectivity index (χ2n) is 10.1. The van der Waals surface area contributed by atoms with Crippen LogP contribution in [0.2, 0.25) is 0 Å². The molecule has 1 aromatic rings. The molecular weight excluding hydrogens is 446 g/mol. The van der Waals surface area contributed by atoms with Crippen LogP contribution in [0.1, 0.15) is 51.9 Å². The van der Waals surface area contributed by atoms with Crippen molar-refractivity contribution >= 4 is 23.4 Å². The number of ether oxygens (including phenoxy) is 2. The number of hydrogen-bond donors (Lipinski definition) is 2. The van der Waals surface area contributed by atoms with Crippen molar-refractivity contribution in [1.29, 1.82) is 0 Å². The Labute approximate surface area is 206 Å². The fourth-order valence-corrected chi connectivity index (χ4v) is 6.26. The smallest absolute Gasteiger partial charge is 0.246 e. The van der Waals surface area contributed by atoms with Gasteiger partial charge in [0.05, 0.1) is 25.0 Å². The van der Waals surface area contributed by atoms with Crippen molar-refractivity contribution in [1.82, 2.24) is 10.2 Å². The highest BCUT2D eigenvalue weighted by Gasteiger charge is 2.72. The fourth-order valence-electron chi connectivity index (χ4n) is 6.26. The standard InChI is InChI=1S/C27H35N3O5/c1-3-4-16-30-23(25(32)29-17-8-6-5-7-9-17)27-15-14-20(35-27)21(22(27)26(30)33)24(31)28-18-10-12-19(34-2)13-11-18/h10-15,17,20-23H,3-9,16H2,1-2H3,(H,28,31)(H,29,32)/t20-,21+,22-,23+,27+/m1/s1. The minimum absolute atomic E-state index is 0.131. The van der Waals surface area contributed by atoms with E-state index in [-0.39, 0.29) is 23.8 Å². The molecule has 35 heavy (non-hydrogen) atoms. The summed E-state index contributed by atoms with van der Waals surface area (Å²) in [5.74, 6) is -1.30. The molecule has 1 aliphatic carbocycles. The van der Waals surface area contributed by atoms with Gasteiger partial charge in [-0.1, -0.05) is 44.8 Å². The quantitative estimate of drug-likeness (QED) is 0.557. The first-order valence-electron chi connectivity index (χ1n) is 12.9. The van der Waals surface area contributed by atoms with Gasteiger partial charge in [0.15, 0.2) is 0 Å². The van der Waals surface area contributed by atoms with Gasteiger partial charge in [-0.25, -0.2) is 0 Å². The molecule has 2 bridgehead atoms. The molecule has 3 heterocycles. The number of likely N-dealkylation sites (tertiary alicyclic amines) is 1. The van der Waals surface area contributed by atoms with Gasteiger partial charge in [-0.05, 0) is 43.5 Å². The number of carbonyl (C=O) groups is 3. The molecule has 2 N–H and O–H groups in total. The third-order valence-electron chi connectivity index (χ3n) is 7.99. The molecule has 2 saturated heterocycles. The minimum atomic E-state index is -1.10. The lowest BCUT2D eigenvalue weighted by atomic mass is 9.74. The molecule has 1 spiro atoms. The Balaban J connectivity index is 1.40. The highest BCUT2D eigenvalue weighted by Crippen LogP contribution is 2.55. The van der Waals surface area contributed by atoms with Crippen LogP contribution in [0.4, 0.5) is 5.69 Å². The lowest BCUT2D eigenvalue weighted by molar-refractivity contribution is -0.141. The van der Waals surface area contributed by atoms with Crippen LogP contribution in [0, 0.1) is 11.8 Å². The molecule has 0 radical (unpaired) electrons. The first-order valence-corrected chi connectivity index (χ1v) is 12.9. The number of fused-ring (bicyclic) bond motifs is 1. The van der Waals surface area contributed by atoms with E-state index in [2.05, 4.69) is 17.6 Å². The van der Waals surface area contributed by atoms with E-state index in [1.165, 1.54) is 6.42 Å². The molecule has 3 amide bonds. The van der Waals surface area contributed by atoms with Crippen LogP contribution < -0.4 is 15.4 Å². The normalized spacial score (nSPS) is 31.5. The summed E-state index contributed by atoms with van der Waals surface area (Å²) in [6.07, 6.45) is 10.2. The van der Waals surface area contributed by atoms with Gasteiger partial charge in [-0.2, -0.15) is 0 Å². The Morgan fingerprint density at radius 2 is 1.89 bits per heavy atom. The molecule has 3 fully saturated rings. The predicted octanol–water partition coefficient (Wildman–Crippen LogP) is 3.03. The maximum Gasteiger partial charge on any atom is 0.246 e. The van der Waals surface area contributed by atoms with Crippen molar-refractivity contribution in [3.8, 4) is 5.75 Å². The Morgan fingerprint density at radius 3 is 2.57 bits per heavy atom. The number of nitrogens with zero attached hydrogens (tertiary/aromatic N) is 1. The van der Waals surface area contributed by atoms with Crippen LogP contribution in [0.25, 0.3) is 0 Å². The Morgan fingerprint density at radius 1 is 1.14 bits per heavy atom. The minimum Gasteiger partial charge on any atom is -0.497 e. The number of unbranched alkanes of at least 4 members (excludes halogenated alkanes) is 1. The van der Waals surface area contributed by atoms with E-state index in [4.69, 9.17) is 9.47 Å². The topological polar surface area (TPSA) is 97.0 Å². The first-order chi connectivity index (χ1) is 17.0. The average molecular weight is 482 g/mol. The fraction of sp³-hybridized carbons (Fsp3) is 0.593. The maximum absolute atomic E-state index is 13.8. The summed E-state index contributed by atoms with van der Waals surface area (Å²) in [6, 6.07) is 6.45. The van der Waals surface area contributed by atoms with Crippen molar-refractivity contribution in [3.05, 3.63) is 36.4 Å². The molecule has 0 aromatic heterocycles. The molecule has 0 unspecified atom stereocenters. The molecule has 8 nitrogen and oxygen atoms in total. The highest BCUT2D eigenvalue weighted by molar-refractivity contribution is 6.02. The van der Waals surface area contributed by atoms with E-state index in [9.17, 15) is 14.4 Å². The van der Waals surface area contributed by atoms with Crippen molar-refractivity contribution in [2.45, 2.75) is 75.7 Å². The number of anilines is 1. The van der Waals surface area contributed by atoms with E-state index in [0.29, 0.717) is 18.0 Å². The van der Waals surface area contributed by atoms with Gasteiger partial charge in [-0.3, -0.25) is 14.4 Å². The molecular formula is C27H35N3O5. The van der Waals surface area contributed by atoms with Crippen LogP contribution in [0.15, 0.2) is 36.4 Å². The first kappa shape index (κ1) is 23.9. The van der Waals surface area contributed by atoms with E-state index < -0.39 is 29.6 Å². The number of amides is 3. The second kappa shape index (κ2) is 9.64. The SMILES string of the molecule is CCCCN1C(=O)[C@H]2[C@@H](C(=O)Nc3ccc(OC)cc3)[C@H]3C=C[C@@]2(O3)[C@@H]1C(=O)NC1CCCCC1. The third kappa shape index (κ3) is 4.11. The Kier molecular flexibility index (Phi) is 6.57. The molecule has 3 aliphatic heterocycles. The van der Waals surface area contributed by atoms with Crippen molar-refractivity contribution in [2.75, 3.05) is 19.0 Å². The van der Waals surface area contributed by atoms with E-state index >= 15 is 0 Å². The number of nitrogens with one attached hydrogen (secondary N) is 2. The van der Waals surface area contributed by atoms with E-state index in [1.807, 2.05) is 12.2 Å². The van der Waals surface area contributed by atoms with E-state index in [1.54, 1.807) is 36.3 Å². The lowest BCUT2D eigenvalue weighted by Gasteiger charge is -2.34. The second-order valence-corrected chi connectivity index (χ2v) is 10.1. The number of methoxy groups -OCH3 is 1. The van der Waals surface area contributed by atoms with Gasteiger partial charge < -0.3 is 25.0 Å². The molecule has 8 heteroatoms. The summed E-state index contributed by atoms with van der Waals surface area (Å²) in [4.78, 5) is 42.5. The Hall–Kier alpha value is -2.87. The zero-order valence-corrected chi connectivity index (χ0v) is 20.5. The molecule has 1 saturated carbocycles. The third-order valence-corrected chi connectivity index (χ3v) is 7.99. The van der Waals surface area contributed by atoms with Gasteiger partial charge in [-0.15, -0.1) is 0 Å². The van der Waals surface area contributed by atoms with Crippen LogP contribution in [-0.2, 0) is 19.1 Å². The van der Waals surface area contributed by atoms with Gasteiger partial charge >= 0.3 is 0 Å². The van der Waals surface area contributed by atoms with Crippen LogP contribution >= 0.6 is 0 Å². The molecule has 188 valence electrons. The summed E-state index contributed by atoms with van der Waals surface area (Å²) >= 11 is 0. The predicted molar refractivity (Wildman–Crippen MR) is 131 cm³/mol. The highest BCUT2D eigenvalue weighted by atomic mass is 16.5. The number of carbonyl (C=O) groups excluding carboxylic acids is 3. The molecule has 5 atom stereocenters. The number of rotatable bonds is 8. The Bertz CT molecular complexity index is 1000. The summed E-state index contributed by atoms with van der Waals surface area (Å²) in [5.41, 5.74) is -0.479. The van der Waals surface area contributed by atoms with Crippen molar-refractivity contribution in [3.63, 3.8) is 0 Å². The maximum atomic E-state index is 13.8.